The third kappa shape index (κ3) is 2.95. The van der Waals surface area contributed by atoms with Crippen molar-refractivity contribution in [3.63, 3.8) is 0 Å². The average Bonchev–Trinajstić information content (AvgIpc) is 2.27. The number of hydrogen-bond acceptors (Lipinski definition) is 2. The molecule has 0 fully saturated rings. The second kappa shape index (κ2) is 5.49. The second-order valence-corrected chi connectivity index (χ2v) is 3.91. The Morgan fingerprint density at radius 2 is 2.06 bits per heavy atom. The lowest BCUT2D eigenvalue weighted by molar-refractivity contribution is 0.0694. The maximum absolute atomic E-state index is 11.2. The summed E-state index contributed by atoms with van der Waals surface area (Å²) < 4.78 is 1.78. The fourth-order valence-electron chi connectivity index (χ4n) is 1.64. The largest absolute Gasteiger partial charge is 0.477 e. The van der Waals surface area contributed by atoms with Gasteiger partial charge < -0.3 is 9.67 Å². The van der Waals surface area contributed by atoms with Gasteiger partial charge in [0.15, 0.2) is 5.43 Å². The topological polar surface area (TPSA) is 59.3 Å². The van der Waals surface area contributed by atoms with Gasteiger partial charge in [-0.1, -0.05) is 26.7 Å². The molecule has 4 nitrogen and oxygen atoms in total. The molecule has 88 valence electrons. The van der Waals surface area contributed by atoms with Crippen LogP contribution in [0.25, 0.3) is 0 Å². The standard InChI is InChI=1S/C12H17NO3/c1-3-9(4-2)7-13-6-5-11(14)10(8-13)12(15)16/h5-6,8-9H,3-4,7H2,1-2H3,(H,15,16). The summed E-state index contributed by atoms with van der Waals surface area (Å²) in [6.07, 6.45) is 5.16. The smallest absolute Gasteiger partial charge is 0.341 e. The summed E-state index contributed by atoms with van der Waals surface area (Å²) in [6.45, 7) is 4.97. The Hall–Kier alpha value is -1.58. The maximum atomic E-state index is 11.2. The maximum Gasteiger partial charge on any atom is 0.341 e. The van der Waals surface area contributed by atoms with Crippen molar-refractivity contribution in [1.29, 1.82) is 0 Å². The number of carbonyl (C=O) groups is 1. The fraction of sp³-hybridized carbons (Fsp3) is 0.500. The predicted molar refractivity (Wildman–Crippen MR) is 61.7 cm³/mol. The molecule has 1 aromatic heterocycles. The molecule has 0 aliphatic rings. The first-order chi connectivity index (χ1) is 7.58. The van der Waals surface area contributed by atoms with Gasteiger partial charge in [-0.3, -0.25) is 4.79 Å². The number of carboxylic acid groups (broad SMARTS) is 1. The minimum atomic E-state index is -1.16. The van der Waals surface area contributed by atoms with Crippen LogP contribution >= 0.6 is 0 Å². The van der Waals surface area contributed by atoms with Crippen LogP contribution in [-0.4, -0.2) is 15.6 Å². The number of carboxylic acids is 1. The lowest BCUT2D eigenvalue weighted by Crippen LogP contribution is -2.18. The Labute approximate surface area is 94.5 Å². The van der Waals surface area contributed by atoms with Crippen LogP contribution < -0.4 is 5.43 Å². The SMILES string of the molecule is CCC(CC)Cn1ccc(=O)c(C(=O)O)c1. The summed E-state index contributed by atoms with van der Waals surface area (Å²) >= 11 is 0. The van der Waals surface area contributed by atoms with Gasteiger partial charge in [0.2, 0.25) is 0 Å². The van der Waals surface area contributed by atoms with Crippen molar-refractivity contribution in [2.45, 2.75) is 33.2 Å². The monoisotopic (exact) mass is 223 g/mol. The highest BCUT2D eigenvalue weighted by atomic mass is 16.4. The van der Waals surface area contributed by atoms with Gasteiger partial charge >= 0.3 is 5.97 Å². The summed E-state index contributed by atoms with van der Waals surface area (Å²) in [5.74, 6) is -0.645. The van der Waals surface area contributed by atoms with E-state index >= 15 is 0 Å². The van der Waals surface area contributed by atoms with Crippen molar-refractivity contribution in [1.82, 2.24) is 4.57 Å². The Kier molecular flexibility index (Phi) is 4.28. The Morgan fingerprint density at radius 1 is 1.44 bits per heavy atom. The number of rotatable bonds is 5. The van der Waals surface area contributed by atoms with Crippen molar-refractivity contribution in [2.24, 2.45) is 5.92 Å². The predicted octanol–water partition coefficient (Wildman–Crippen LogP) is 1.98. The van der Waals surface area contributed by atoms with Crippen molar-refractivity contribution in [2.75, 3.05) is 0 Å². The van der Waals surface area contributed by atoms with E-state index in [1.165, 1.54) is 12.3 Å². The quantitative estimate of drug-likeness (QED) is 0.830. The molecule has 0 aliphatic heterocycles. The summed E-state index contributed by atoms with van der Waals surface area (Å²) in [7, 11) is 0. The summed E-state index contributed by atoms with van der Waals surface area (Å²) in [5.41, 5.74) is -0.596. The zero-order chi connectivity index (χ0) is 12.1. The highest BCUT2D eigenvalue weighted by Gasteiger charge is 2.10. The van der Waals surface area contributed by atoms with E-state index in [0.717, 1.165) is 19.4 Å². The molecule has 0 saturated carbocycles. The van der Waals surface area contributed by atoms with E-state index in [0.29, 0.717) is 5.92 Å². The average molecular weight is 223 g/mol. The molecule has 0 atom stereocenters. The summed E-state index contributed by atoms with van der Waals surface area (Å²) in [5, 5.41) is 8.83. The molecule has 1 rings (SSSR count). The van der Waals surface area contributed by atoms with Crippen LogP contribution in [-0.2, 0) is 6.54 Å². The van der Waals surface area contributed by atoms with Crippen molar-refractivity contribution >= 4 is 5.97 Å². The molecule has 0 unspecified atom stereocenters. The van der Waals surface area contributed by atoms with E-state index in [-0.39, 0.29) is 5.56 Å². The normalized spacial score (nSPS) is 10.7. The number of pyridine rings is 1. The van der Waals surface area contributed by atoms with E-state index < -0.39 is 11.4 Å². The van der Waals surface area contributed by atoms with Gasteiger partial charge in [0.05, 0.1) is 0 Å². The van der Waals surface area contributed by atoms with E-state index in [2.05, 4.69) is 13.8 Å². The van der Waals surface area contributed by atoms with Crippen LogP contribution in [0, 0.1) is 5.92 Å². The van der Waals surface area contributed by atoms with Gasteiger partial charge in [-0.15, -0.1) is 0 Å². The molecule has 0 radical (unpaired) electrons. The van der Waals surface area contributed by atoms with E-state index in [4.69, 9.17) is 5.11 Å². The zero-order valence-corrected chi connectivity index (χ0v) is 9.64. The van der Waals surface area contributed by atoms with Gasteiger partial charge in [-0.25, -0.2) is 4.79 Å². The molecule has 0 aromatic carbocycles. The van der Waals surface area contributed by atoms with Crippen molar-refractivity contribution in [3.05, 3.63) is 34.2 Å². The van der Waals surface area contributed by atoms with Crippen LogP contribution in [0.3, 0.4) is 0 Å². The molecular formula is C12H17NO3. The highest BCUT2D eigenvalue weighted by Crippen LogP contribution is 2.10. The van der Waals surface area contributed by atoms with E-state index in [1.54, 1.807) is 10.8 Å². The number of nitrogens with zero attached hydrogens (tertiary/aromatic N) is 1. The molecule has 1 aromatic rings. The van der Waals surface area contributed by atoms with Crippen molar-refractivity contribution < 1.29 is 9.90 Å². The molecule has 0 amide bonds. The number of hydrogen-bond donors (Lipinski definition) is 1. The molecule has 4 heteroatoms. The van der Waals surface area contributed by atoms with Crippen LogP contribution in [0.4, 0.5) is 0 Å². The van der Waals surface area contributed by atoms with Crippen LogP contribution in [0.1, 0.15) is 37.0 Å². The molecule has 1 heterocycles. The molecule has 0 aliphatic carbocycles. The second-order valence-electron chi connectivity index (χ2n) is 3.91. The first-order valence-corrected chi connectivity index (χ1v) is 5.51. The van der Waals surface area contributed by atoms with E-state index in [9.17, 15) is 9.59 Å². The van der Waals surface area contributed by atoms with Crippen LogP contribution in [0.5, 0.6) is 0 Å². The zero-order valence-electron chi connectivity index (χ0n) is 9.64. The minimum Gasteiger partial charge on any atom is -0.477 e. The first kappa shape index (κ1) is 12.5. The Bertz CT molecular complexity index is 419. The first-order valence-electron chi connectivity index (χ1n) is 5.51. The van der Waals surface area contributed by atoms with Gasteiger partial charge in [-0.2, -0.15) is 0 Å². The van der Waals surface area contributed by atoms with Gasteiger partial charge in [-0.05, 0) is 5.92 Å². The van der Waals surface area contributed by atoms with Crippen LogP contribution in [0.2, 0.25) is 0 Å². The molecular weight excluding hydrogens is 206 g/mol. The number of aromatic nitrogens is 1. The third-order valence-electron chi connectivity index (χ3n) is 2.83. The highest BCUT2D eigenvalue weighted by molar-refractivity contribution is 5.86. The molecule has 16 heavy (non-hydrogen) atoms. The minimum absolute atomic E-state index is 0.159. The fourth-order valence-corrected chi connectivity index (χ4v) is 1.64. The Balaban J connectivity index is 2.95. The number of aromatic carboxylic acids is 1. The van der Waals surface area contributed by atoms with Crippen LogP contribution in [0.15, 0.2) is 23.3 Å². The molecule has 0 saturated heterocycles. The van der Waals surface area contributed by atoms with Gasteiger partial charge in [0.1, 0.15) is 5.56 Å². The molecule has 1 N–H and O–H groups in total. The summed E-state index contributed by atoms with van der Waals surface area (Å²) in [4.78, 5) is 22.0. The van der Waals surface area contributed by atoms with Gasteiger partial charge in [0.25, 0.3) is 0 Å². The molecule has 0 spiro atoms. The molecule has 0 bridgehead atoms. The third-order valence-corrected chi connectivity index (χ3v) is 2.83. The van der Waals surface area contributed by atoms with Gasteiger partial charge in [0, 0.05) is 25.0 Å². The Morgan fingerprint density at radius 3 is 2.56 bits per heavy atom. The van der Waals surface area contributed by atoms with Crippen molar-refractivity contribution in [3.8, 4) is 0 Å². The summed E-state index contributed by atoms with van der Waals surface area (Å²) in [6, 6.07) is 1.31. The lowest BCUT2D eigenvalue weighted by atomic mass is 10.0. The lowest BCUT2D eigenvalue weighted by Gasteiger charge is -2.14. The van der Waals surface area contributed by atoms with E-state index in [1.807, 2.05) is 0 Å².